The summed E-state index contributed by atoms with van der Waals surface area (Å²) < 4.78 is 24.7. The number of benzene rings is 2. The zero-order chi connectivity index (χ0) is 14.5. The number of methoxy groups -OCH3 is 1. The van der Waals surface area contributed by atoms with Crippen molar-refractivity contribution >= 4 is 15.9 Å². The summed E-state index contributed by atoms with van der Waals surface area (Å²) in [5, 5.41) is 8.78. The largest absolute Gasteiger partial charge is 0.497 e. The van der Waals surface area contributed by atoms with Crippen LogP contribution in [0.2, 0.25) is 0 Å². The average Bonchev–Trinajstić information content (AvgIpc) is 2.47. The normalized spacial score (nSPS) is 9.90. The molecule has 0 unspecified atom stereocenters. The summed E-state index contributed by atoms with van der Waals surface area (Å²) in [6.45, 7) is 0.250. The molecule has 0 bridgehead atoms. The highest BCUT2D eigenvalue weighted by Crippen LogP contribution is 2.29. The highest BCUT2D eigenvalue weighted by Gasteiger charge is 2.06. The summed E-state index contributed by atoms with van der Waals surface area (Å²) in [6, 6.07) is 11.5. The van der Waals surface area contributed by atoms with Crippen LogP contribution < -0.4 is 9.47 Å². The van der Waals surface area contributed by atoms with Gasteiger partial charge in [0.1, 0.15) is 30.0 Å². The van der Waals surface area contributed by atoms with Gasteiger partial charge in [-0.05, 0) is 51.8 Å². The first-order valence-electron chi connectivity index (χ1n) is 5.79. The quantitative estimate of drug-likeness (QED) is 0.846. The molecule has 5 heteroatoms. The van der Waals surface area contributed by atoms with Crippen molar-refractivity contribution in [3.05, 3.63) is 57.8 Å². The lowest BCUT2D eigenvalue weighted by atomic mass is 10.1. The molecule has 0 fully saturated rings. The Balaban J connectivity index is 2.11. The molecule has 102 valence electrons. The molecular formula is C15H11BrFNO2. The minimum atomic E-state index is -0.526. The van der Waals surface area contributed by atoms with Gasteiger partial charge in [-0.15, -0.1) is 0 Å². The second-order valence-corrected chi connectivity index (χ2v) is 4.87. The van der Waals surface area contributed by atoms with E-state index >= 15 is 0 Å². The molecule has 0 amide bonds. The third kappa shape index (κ3) is 3.28. The number of nitriles is 1. The SMILES string of the molecule is COc1ccc(OCc2ccc(F)c(C#N)c2)c(Br)c1. The summed E-state index contributed by atoms with van der Waals surface area (Å²) in [4.78, 5) is 0. The van der Waals surface area contributed by atoms with Gasteiger partial charge in [-0.2, -0.15) is 5.26 Å². The molecule has 2 rings (SSSR count). The molecule has 0 radical (unpaired) electrons. The van der Waals surface area contributed by atoms with Crippen molar-refractivity contribution in [2.45, 2.75) is 6.61 Å². The Labute approximate surface area is 124 Å². The second-order valence-electron chi connectivity index (χ2n) is 4.01. The summed E-state index contributed by atoms with van der Waals surface area (Å²) >= 11 is 3.38. The molecule has 0 atom stereocenters. The van der Waals surface area contributed by atoms with Crippen LogP contribution in [0, 0.1) is 17.1 Å². The Morgan fingerprint density at radius 3 is 2.70 bits per heavy atom. The fraction of sp³-hybridized carbons (Fsp3) is 0.133. The monoisotopic (exact) mass is 335 g/mol. The molecule has 0 aliphatic heterocycles. The lowest BCUT2D eigenvalue weighted by Crippen LogP contribution is -1.98. The molecule has 0 heterocycles. The van der Waals surface area contributed by atoms with E-state index in [0.717, 1.165) is 15.8 Å². The van der Waals surface area contributed by atoms with Crippen LogP contribution in [-0.2, 0) is 6.61 Å². The van der Waals surface area contributed by atoms with Crippen LogP contribution in [0.25, 0.3) is 0 Å². The van der Waals surface area contributed by atoms with Crippen molar-refractivity contribution in [3.63, 3.8) is 0 Å². The van der Waals surface area contributed by atoms with E-state index in [0.29, 0.717) is 5.75 Å². The number of nitrogens with zero attached hydrogens (tertiary/aromatic N) is 1. The number of halogens is 2. The van der Waals surface area contributed by atoms with E-state index < -0.39 is 5.82 Å². The third-order valence-electron chi connectivity index (χ3n) is 2.68. The maximum absolute atomic E-state index is 13.2. The molecular weight excluding hydrogens is 325 g/mol. The molecule has 0 aliphatic rings. The van der Waals surface area contributed by atoms with Crippen LogP contribution >= 0.6 is 15.9 Å². The van der Waals surface area contributed by atoms with Crippen molar-refractivity contribution in [2.75, 3.05) is 7.11 Å². The van der Waals surface area contributed by atoms with Gasteiger partial charge in [-0.3, -0.25) is 0 Å². The first-order chi connectivity index (χ1) is 9.63. The first-order valence-corrected chi connectivity index (χ1v) is 6.58. The highest BCUT2D eigenvalue weighted by atomic mass is 79.9. The molecule has 3 nitrogen and oxygen atoms in total. The molecule has 2 aromatic rings. The Kier molecular flexibility index (Phi) is 4.59. The number of ether oxygens (including phenoxy) is 2. The molecule has 2 aromatic carbocycles. The van der Waals surface area contributed by atoms with Crippen molar-refractivity contribution < 1.29 is 13.9 Å². The Morgan fingerprint density at radius 2 is 2.05 bits per heavy atom. The van der Waals surface area contributed by atoms with Gasteiger partial charge in [0.25, 0.3) is 0 Å². The van der Waals surface area contributed by atoms with E-state index in [1.165, 1.54) is 12.1 Å². The number of hydrogen-bond donors (Lipinski definition) is 0. The van der Waals surface area contributed by atoms with E-state index in [9.17, 15) is 4.39 Å². The van der Waals surface area contributed by atoms with Gasteiger partial charge < -0.3 is 9.47 Å². The molecule has 0 aliphatic carbocycles. The predicted octanol–water partition coefficient (Wildman–Crippen LogP) is 4.05. The third-order valence-corrected chi connectivity index (χ3v) is 3.30. The summed E-state index contributed by atoms with van der Waals surface area (Å²) in [7, 11) is 1.59. The molecule has 0 spiro atoms. The fourth-order valence-electron chi connectivity index (χ4n) is 1.63. The lowest BCUT2D eigenvalue weighted by molar-refractivity contribution is 0.303. The van der Waals surface area contributed by atoms with E-state index in [1.807, 2.05) is 0 Å². The lowest BCUT2D eigenvalue weighted by Gasteiger charge is -2.10. The summed E-state index contributed by atoms with van der Waals surface area (Å²) in [5.41, 5.74) is 0.741. The average molecular weight is 336 g/mol. The van der Waals surface area contributed by atoms with Crippen LogP contribution in [0.15, 0.2) is 40.9 Å². The molecule has 20 heavy (non-hydrogen) atoms. The Hall–Kier alpha value is -2.06. The highest BCUT2D eigenvalue weighted by molar-refractivity contribution is 9.10. The Morgan fingerprint density at radius 1 is 1.25 bits per heavy atom. The van der Waals surface area contributed by atoms with Gasteiger partial charge in [-0.25, -0.2) is 4.39 Å². The molecule has 0 saturated heterocycles. The van der Waals surface area contributed by atoms with Crippen molar-refractivity contribution in [3.8, 4) is 17.6 Å². The zero-order valence-corrected chi connectivity index (χ0v) is 12.3. The van der Waals surface area contributed by atoms with E-state index in [1.54, 1.807) is 37.4 Å². The molecule has 0 saturated carbocycles. The van der Waals surface area contributed by atoms with Gasteiger partial charge in [0.15, 0.2) is 0 Å². The zero-order valence-electron chi connectivity index (χ0n) is 10.7. The van der Waals surface area contributed by atoms with E-state index in [2.05, 4.69) is 15.9 Å². The van der Waals surface area contributed by atoms with Crippen LogP contribution in [0.3, 0.4) is 0 Å². The molecule has 0 aromatic heterocycles. The van der Waals surface area contributed by atoms with E-state index in [4.69, 9.17) is 14.7 Å². The summed E-state index contributed by atoms with van der Waals surface area (Å²) in [6.07, 6.45) is 0. The van der Waals surface area contributed by atoms with Gasteiger partial charge in [-0.1, -0.05) is 6.07 Å². The standard InChI is InChI=1S/C15H11BrFNO2/c1-19-12-3-5-15(13(16)7-12)20-9-10-2-4-14(17)11(6-10)8-18/h2-7H,9H2,1H3. The van der Waals surface area contributed by atoms with Gasteiger partial charge in [0, 0.05) is 0 Å². The predicted molar refractivity (Wildman–Crippen MR) is 76.1 cm³/mol. The Bertz CT molecular complexity index is 667. The van der Waals surface area contributed by atoms with Crippen LogP contribution in [-0.4, -0.2) is 7.11 Å². The smallest absolute Gasteiger partial charge is 0.140 e. The summed E-state index contributed by atoms with van der Waals surface area (Å²) in [5.74, 6) is 0.841. The van der Waals surface area contributed by atoms with Crippen molar-refractivity contribution in [1.82, 2.24) is 0 Å². The van der Waals surface area contributed by atoms with Crippen molar-refractivity contribution in [2.24, 2.45) is 0 Å². The second kappa shape index (κ2) is 6.40. The van der Waals surface area contributed by atoms with Gasteiger partial charge >= 0.3 is 0 Å². The van der Waals surface area contributed by atoms with Crippen LogP contribution in [0.4, 0.5) is 4.39 Å². The van der Waals surface area contributed by atoms with Crippen LogP contribution in [0.5, 0.6) is 11.5 Å². The van der Waals surface area contributed by atoms with Crippen molar-refractivity contribution in [1.29, 1.82) is 5.26 Å². The van der Waals surface area contributed by atoms with Gasteiger partial charge in [0.2, 0.25) is 0 Å². The minimum Gasteiger partial charge on any atom is -0.497 e. The minimum absolute atomic E-state index is 0.0138. The maximum atomic E-state index is 13.2. The number of rotatable bonds is 4. The van der Waals surface area contributed by atoms with E-state index in [-0.39, 0.29) is 12.2 Å². The maximum Gasteiger partial charge on any atom is 0.140 e. The van der Waals surface area contributed by atoms with Crippen LogP contribution in [0.1, 0.15) is 11.1 Å². The number of hydrogen-bond acceptors (Lipinski definition) is 3. The molecule has 0 N–H and O–H groups in total. The first kappa shape index (κ1) is 14.4. The van der Waals surface area contributed by atoms with Gasteiger partial charge in [0.05, 0.1) is 17.1 Å². The topological polar surface area (TPSA) is 42.2 Å². The fourth-order valence-corrected chi connectivity index (χ4v) is 2.11.